The number of hydrogen-bond acceptors (Lipinski definition) is 10. The summed E-state index contributed by atoms with van der Waals surface area (Å²) in [6, 6.07) is 7.50. The molecule has 15 heteroatoms. The number of alkyl carbamates (subject to hydrolysis) is 1. The van der Waals surface area contributed by atoms with Crippen LogP contribution in [0.25, 0.3) is 21.6 Å². The summed E-state index contributed by atoms with van der Waals surface area (Å²) in [6.07, 6.45) is 0.130. The maximum Gasteiger partial charge on any atom is 0.407 e. The number of halogens is 3. The molecular formula is C33H35F3N6O5S. The van der Waals surface area contributed by atoms with Crippen LogP contribution < -0.4 is 21.3 Å². The fourth-order valence-electron chi connectivity index (χ4n) is 6.09. The molecule has 1 aromatic heterocycles. The molecule has 254 valence electrons. The Bertz CT molecular complexity index is 1790. The maximum absolute atomic E-state index is 16.1. The zero-order valence-corrected chi connectivity index (χ0v) is 27.3. The number of thiophene rings is 1. The number of hydrazine groups is 2. The molecule has 6 rings (SSSR count). The molecule has 0 saturated carbocycles. The lowest BCUT2D eigenvalue weighted by atomic mass is 9.99. The van der Waals surface area contributed by atoms with Gasteiger partial charge in [-0.1, -0.05) is 6.07 Å². The van der Waals surface area contributed by atoms with E-state index in [1.54, 1.807) is 31.7 Å². The topological polar surface area (TPSA) is 139 Å². The van der Waals surface area contributed by atoms with Gasteiger partial charge in [0, 0.05) is 41.7 Å². The Morgan fingerprint density at radius 3 is 2.65 bits per heavy atom. The molecule has 0 unspecified atom stereocenters. The number of anilines is 2. The van der Waals surface area contributed by atoms with Gasteiger partial charge in [0.15, 0.2) is 11.6 Å². The van der Waals surface area contributed by atoms with Crippen molar-refractivity contribution in [3.63, 3.8) is 0 Å². The number of carbonyl (C=O) groups is 2. The van der Waals surface area contributed by atoms with Gasteiger partial charge in [-0.3, -0.25) is 9.80 Å². The van der Waals surface area contributed by atoms with Crippen LogP contribution in [0.1, 0.15) is 55.3 Å². The smallest absolute Gasteiger partial charge is 0.407 e. The Kier molecular flexibility index (Phi) is 9.27. The van der Waals surface area contributed by atoms with Crippen LogP contribution >= 0.6 is 11.3 Å². The van der Waals surface area contributed by atoms with Crippen molar-refractivity contribution in [1.29, 1.82) is 5.26 Å². The number of ether oxygens (including phenoxy) is 2. The van der Waals surface area contributed by atoms with Crippen LogP contribution in [-0.4, -0.2) is 72.1 Å². The van der Waals surface area contributed by atoms with Crippen molar-refractivity contribution in [3.05, 3.63) is 58.2 Å². The van der Waals surface area contributed by atoms with Gasteiger partial charge in [-0.15, -0.1) is 16.9 Å². The average molecular weight is 685 g/mol. The van der Waals surface area contributed by atoms with Crippen LogP contribution in [0.5, 0.6) is 0 Å². The number of nitrogens with one attached hydrogen (secondary N) is 3. The van der Waals surface area contributed by atoms with Crippen molar-refractivity contribution in [3.8, 4) is 27.6 Å². The van der Waals surface area contributed by atoms with Gasteiger partial charge in [0.2, 0.25) is 0 Å². The van der Waals surface area contributed by atoms with E-state index in [4.69, 9.17) is 9.47 Å². The number of rotatable bonds is 5. The van der Waals surface area contributed by atoms with Gasteiger partial charge in [-0.25, -0.2) is 18.0 Å². The Hall–Kier alpha value is -4.36. The number of benzene rings is 2. The number of carbonyl (C=O) groups excluding carboxylic acids is 2. The highest BCUT2D eigenvalue weighted by Gasteiger charge is 2.38. The van der Waals surface area contributed by atoms with Gasteiger partial charge in [-0.2, -0.15) is 5.26 Å². The first-order valence-electron chi connectivity index (χ1n) is 15.6. The number of fused-ring (bicyclic) bond motifs is 1. The SMILES string of the molecule is CC(C)(C)OC(=O)N[C@@H]1CCCN(C(=O)c2cc(-c3ccc(C#N)c(F)c3)c(-c3cc4c(c(F)c3F)N([C@H]3COCC[C@@H]3O)NN4)s2)C1. The summed E-state index contributed by atoms with van der Waals surface area (Å²) in [5.41, 5.74) is 5.15. The average Bonchev–Trinajstić information content (AvgIpc) is 3.67. The largest absolute Gasteiger partial charge is 0.444 e. The van der Waals surface area contributed by atoms with Crippen LogP contribution in [0.3, 0.4) is 0 Å². The molecule has 2 fully saturated rings. The van der Waals surface area contributed by atoms with Gasteiger partial charge in [0.05, 0.1) is 34.9 Å². The van der Waals surface area contributed by atoms with E-state index >= 15 is 8.78 Å². The van der Waals surface area contributed by atoms with Crippen molar-refractivity contribution in [2.24, 2.45) is 0 Å². The first-order chi connectivity index (χ1) is 22.8. The first kappa shape index (κ1) is 33.5. The van der Waals surface area contributed by atoms with Crippen LogP contribution in [-0.2, 0) is 9.47 Å². The summed E-state index contributed by atoms with van der Waals surface area (Å²) in [5, 5.41) is 23.9. The standard InChI is InChI=1S/C33H35F3N6O5S/c1-33(2,3)47-32(45)38-19-5-4-9-41(15-19)31(44)26-13-20(17-6-7-18(14-37)22(34)11-17)30(48-26)21-12-23-29(28(36)27(21)35)42(40-39-23)24-16-46-10-8-25(24)43/h6-7,11-13,19,24-25,39-40,43H,4-5,8-10,15-16H2,1-3H3,(H,38,45)/t19-,24+,25+/m1/s1. The van der Waals surface area contributed by atoms with E-state index in [1.165, 1.54) is 29.3 Å². The predicted octanol–water partition coefficient (Wildman–Crippen LogP) is 5.30. The molecule has 4 N–H and O–H groups in total. The van der Waals surface area contributed by atoms with Crippen LogP contribution in [0, 0.1) is 28.8 Å². The number of likely N-dealkylation sites (tertiary alicyclic amines) is 1. The highest BCUT2D eigenvalue weighted by molar-refractivity contribution is 7.18. The summed E-state index contributed by atoms with van der Waals surface area (Å²) in [6.45, 7) is 6.31. The number of piperidine rings is 1. The summed E-state index contributed by atoms with van der Waals surface area (Å²) in [5.74, 6) is -3.59. The van der Waals surface area contributed by atoms with Crippen molar-refractivity contribution in [2.75, 3.05) is 36.7 Å². The third kappa shape index (κ3) is 6.66. The highest BCUT2D eigenvalue weighted by Crippen LogP contribution is 2.46. The van der Waals surface area contributed by atoms with E-state index in [9.17, 15) is 24.3 Å². The number of nitrogens with zero attached hydrogens (tertiary/aromatic N) is 3. The lowest BCUT2D eigenvalue weighted by Crippen LogP contribution is -2.54. The zero-order chi connectivity index (χ0) is 34.3. The van der Waals surface area contributed by atoms with E-state index < -0.39 is 47.2 Å². The Morgan fingerprint density at radius 2 is 1.94 bits per heavy atom. The molecule has 2 amide bonds. The molecule has 3 aromatic rings. The quantitative estimate of drug-likeness (QED) is 0.282. The predicted molar refractivity (Wildman–Crippen MR) is 173 cm³/mol. The van der Waals surface area contributed by atoms with Crippen LogP contribution in [0.4, 0.5) is 29.3 Å². The van der Waals surface area contributed by atoms with Crippen molar-refractivity contribution in [1.82, 2.24) is 15.8 Å². The number of nitriles is 1. The van der Waals surface area contributed by atoms with Gasteiger partial charge in [0.1, 0.15) is 23.2 Å². The summed E-state index contributed by atoms with van der Waals surface area (Å²) >= 11 is 0.926. The van der Waals surface area contributed by atoms with E-state index in [0.717, 1.165) is 17.4 Å². The Morgan fingerprint density at radius 1 is 1.15 bits per heavy atom. The fourth-order valence-corrected chi connectivity index (χ4v) is 7.25. The zero-order valence-electron chi connectivity index (χ0n) is 26.5. The lowest BCUT2D eigenvalue weighted by Gasteiger charge is -2.35. The molecule has 3 atom stereocenters. The molecule has 11 nitrogen and oxygen atoms in total. The normalized spacial score (nSPS) is 20.9. The minimum absolute atomic E-state index is 0.0908. The Labute approximate surface area is 279 Å². The van der Waals surface area contributed by atoms with Gasteiger partial charge >= 0.3 is 6.09 Å². The van der Waals surface area contributed by atoms with E-state index in [0.29, 0.717) is 32.4 Å². The van der Waals surface area contributed by atoms with Gasteiger partial charge < -0.3 is 30.2 Å². The molecule has 0 aliphatic carbocycles. The second kappa shape index (κ2) is 13.3. The first-order valence-corrected chi connectivity index (χ1v) is 16.4. The molecule has 4 heterocycles. The molecule has 2 saturated heterocycles. The molecule has 3 aliphatic heterocycles. The second-order valence-corrected chi connectivity index (χ2v) is 14.0. The lowest BCUT2D eigenvalue weighted by molar-refractivity contribution is -0.00795. The van der Waals surface area contributed by atoms with Crippen molar-refractivity contribution < 1.29 is 37.3 Å². The molecule has 48 heavy (non-hydrogen) atoms. The summed E-state index contributed by atoms with van der Waals surface area (Å²) in [7, 11) is 0. The molecule has 2 aromatic carbocycles. The van der Waals surface area contributed by atoms with Crippen LogP contribution in [0.15, 0.2) is 30.3 Å². The number of aliphatic hydroxyl groups is 1. The summed E-state index contributed by atoms with van der Waals surface area (Å²) < 4.78 is 57.7. The third-order valence-corrected chi connectivity index (χ3v) is 9.53. The Balaban J connectivity index is 1.36. The van der Waals surface area contributed by atoms with Crippen LogP contribution in [0.2, 0.25) is 0 Å². The van der Waals surface area contributed by atoms with E-state index in [-0.39, 0.29) is 62.6 Å². The third-order valence-electron chi connectivity index (χ3n) is 8.37. The minimum Gasteiger partial charge on any atom is -0.444 e. The van der Waals surface area contributed by atoms with Crippen molar-refractivity contribution >= 4 is 34.7 Å². The highest BCUT2D eigenvalue weighted by atomic mass is 32.1. The molecule has 0 radical (unpaired) electrons. The molecule has 0 spiro atoms. The molecular weight excluding hydrogens is 649 g/mol. The molecule has 3 aliphatic rings. The monoisotopic (exact) mass is 684 g/mol. The number of hydrogen-bond donors (Lipinski definition) is 4. The number of aliphatic hydroxyl groups excluding tert-OH is 1. The van der Waals surface area contributed by atoms with Gasteiger partial charge in [-0.05, 0) is 69.9 Å². The van der Waals surface area contributed by atoms with Gasteiger partial charge in [0.25, 0.3) is 5.91 Å². The minimum atomic E-state index is -1.20. The van der Waals surface area contributed by atoms with E-state index in [2.05, 4.69) is 16.3 Å². The second-order valence-electron chi connectivity index (χ2n) is 12.9. The fraction of sp³-hybridized carbons (Fsp3) is 0.424. The number of amides is 2. The van der Waals surface area contributed by atoms with Crippen molar-refractivity contribution in [2.45, 2.75) is 63.8 Å². The molecule has 0 bridgehead atoms. The summed E-state index contributed by atoms with van der Waals surface area (Å²) in [4.78, 5) is 28.2. The maximum atomic E-state index is 16.1. The van der Waals surface area contributed by atoms with E-state index in [1.807, 2.05) is 0 Å².